The Hall–Kier alpha value is -5.66. The van der Waals surface area contributed by atoms with E-state index in [-0.39, 0.29) is 71.7 Å². The predicted octanol–water partition coefficient (Wildman–Crippen LogP) is 12.6. The fourth-order valence-electron chi connectivity index (χ4n) is 6.15. The number of rotatable bonds is 4. The van der Waals surface area contributed by atoms with Gasteiger partial charge in [-0.1, -0.05) is 151 Å². The second-order valence-electron chi connectivity index (χ2n) is 10.6. The summed E-state index contributed by atoms with van der Waals surface area (Å²) in [5, 5.41) is -0.203. The molecule has 0 amide bonds. The molecule has 7 aromatic carbocycles. The van der Waals surface area contributed by atoms with Crippen LogP contribution in [-0.2, 0) is 0 Å². The zero-order valence-electron chi connectivity index (χ0n) is 40.5. The van der Waals surface area contributed by atoms with Crippen LogP contribution < -0.4 is 0 Å². The zero-order chi connectivity index (χ0) is 44.5. The summed E-state index contributed by atoms with van der Waals surface area (Å²) in [4.78, 5) is 0. The van der Waals surface area contributed by atoms with E-state index in [1.807, 2.05) is 6.08 Å². The van der Waals surface area contributed by atoms with Crippen molar-refractivity contribution >= 4 is 49.1 Å². The van der Waals surface area contributed by atoms with Crippen LogP contribution in [-0.4, -0.2) is 0 Å². The van der Waals surface area contributed by atoms with Gasteiger partial charge in [0, 0.05) is 27.5 Å². The van der Waals surface area contributed by atoms with Gasteiger partial charge in [0.1, 0.15) is 11.2 Å². The third kappa shape index (κ3) is 4.16. The minimum Gasteiger partial charge on any atom is -0.455 e. The first kappa shape index (κ1) is 14.0. The molecule has 45 heavy (non-hydrogen) atoms. The van der Waals surface area contributed by atoms with E-state index in [9.17, 15) is 8.22 Å². The summed E-state index contributed by atoms with van der Waals surface area (Å²) in [6.07, 6.45) is 6.57. The Labute approximate surface area is 286 Å². The average molecular weight is 592 g/mol. The maximum atomic E-state index is 9.58. The maximum Gasteiger partial charge on any atom is 0.143 e. The van der Waals surface area contributed by atoms with Crippen LogP contribution in [0.5, 0.6) is 0 Å². The van der Waals surface area contributed by atoms with Crippen molar-refractivity contribution in [3.63, 3.8) is 0 Å². The molecule has 0 atom stereocenters. The summed E-state index contributed by atoms with van der Waals surface area (Å²) in [6, 6.07) is -0.358. The highest BCUT2D eigenvalue weighted by atomic mass is 16.3. The summed E-state index contributed by atoms with van der Waals surface area (Å²) in [7, 11) is 0. The first-order valence-electron chi connectivity index (χ1n) is 22.9. The van der Waals surface area contributed by atoms with Gasteiger partial charge in [0.25, 0.3) is 0 Å². The fraction of sp³-hybridized carbons (Fsp3) is 0.0455. The molecule has 0 saturated carbocycles. The average Bonchev–Trinajstić information content (AvgIpc) is 3.66. The quantitative estimate of drug-likeness (QED) is 0.186. The Morgan fingerprint density at radius 1 is 0.489 bits per heavy atom. The number of hydrogen-bond donors (Lipinski definition) is 0. The lowest BCUT2D eigenvalue weighted by atomic mass is 9.85. The van der Waals surface area contributed by atoms with E-state index in [1.54, 1.807) is 42.5 Å². The highest BCUT2D eigenvalue weighted by Gasteiger charge is 2.21. The number of fused-ring (bicyclic) bond motifs is 5. The molecule has 9 rings (SSSR count). The van der Waals surface area contributed by atoms with Crippen LogP contribution in [0.15, 0.2) is 162 Å². The molecule has 1 heterocycles. The van der Waals surface area contributed by atoms with E-state index >= 15 is 0 Å². The summed E-state index contributed by atoms with van der Waals surface area (Å²) in [6.45, 7) is 0. The van der Waals surface area contributed by atoms with Crippen LogP contribution in [0.1, 0.15) is 41.7 Å². The summed E-state index contributed by atoms with van der Waals surface area (Å²) < 4.78 is 159. The molecule has 0 N–H and O–H groups in total. The summed E-state index contributed by atoms with van der Waals surface area (Å²) in [5.74, 6) is 0. The third-order valence-corrected chi connectivity index (χ3v) is 8.10. The van der Waals surface area contributed by atoms with E-state index in [0.717, 1.165) is 0 Å². The molecule has 1 aliphatic carbocycles. The van der Waals surface area contributed by atoms with E-state index in [1.165, 1.54) is 6.07 Å². The topological polar surface area (TPSA) is 13.1 Å². The molecular weight excluding hydrogens is 544 g/mol. The lowest BCUT2D eigenvalue weighted by molar-refractivity contribution is 0.671. The Morgan fingerprint density at radius 3 is 1.73 bits per heavy atom. The molecule has 212 valence electrons. The van der Waals surface area contributed by atoms with Gasteiger partial charge < -0.3 is 4.42 Å². The number of furan rings is 1. The van der Waals surface area contributed by atoms with E-state index in [4.69, 9.17) is 19.5 Å². The first-order valence-corrected chi connectivity index (χ1v) is 14.4. The molecule has 0 fully saturated rings. The number of allylic oxidation sites excluding steroid dienone is 4. The molecular formula is C44H30O. The minimum absolute atomic E-state index is 0.0223. The molecule has 1 aliphatic rings. The molecule has 1 heteroatoms. The third-order valence-electron chi connectivity index (χ3n) is 8.10. The first-order chi connectivity index (χ1) is 29.4. The minimum atomic E-state index is -0.709. The summed E-state index contributed by atoms with van der Waals surface area (Å²) in [5.41, 5.74) is -0.0287. The van der Waals surface area contributed by atoms with Gasteiger partial charge in [0.2, 0.25) is 0 Å². The van der Waals surface area contributed by atoms with Crippen LogP contribution >= 0.6 is 0 Å². The molecule has 0 radical (unpaired) electrons. The van der Waals surface area contributed by atoms with Crippen molar-refractivity contribution in [2.24, 2.45) is 0 Å². The highest BCUT2D eigenvalue weighted by Crippen LogP contribution is 2.47. The van der Waals surface area contributed by atoms with Crippen molar-refractivity contribution in [1.29, 1.82) is 0 Å². The van der Waals surface area contributed by atoms with Crippen molar-refractivity contribution < 1.29 is 27.7 Å². The number of hydrogen-bond acceptors (Lipinski definition) is 1. The van der Waals surface area contributed by atoms with Crippen molar-refractivity contribution in [2.45, 2.75) is 12.8 Å². The SMILES string of the molecule is [2H]c1c([2H])c([2H])c(-c2cccc3c2oc2c(-c4c5c([2H])c([2H])c([2H])c([2H])c5c(-c5c([2H])c([2H])c([2H])c(C6=CCCC=C6)c5[2H])c5c([2H])c([2H])c([2H])c([2H])c45)cccc23)c([2H])c1[2H]. The Kier molecular flexibility index (Phi) is 3.26. The molecule has 0 bridgehead atoms. The normalized spacial score (nSPS) is 18.5. The van der Waals surface area contributed by atoms with Crippen LogP contribution in [0.25, 0.3) is 82.4 Å². The standard InChI is InChI=1S/C44H30O/c1-3-14-29(15-4-1)31-18-11-19-32(28-31)41-34-20-7-9-22-36(34)42(37-23-10-8-21-35(37)41)40-27-13-26-39-38-25-12-24-33(43(38)45-44(39)40)30-16-5-2-6-17-30/h2-3,5-28H,1,4H2/i2D,5D,6D,7D,8D,9D,10D,11D,16D,17D,18D,19D,20D,21D,22D,23D,28D. The van der Waals surface area contributed by atoms with Gasteiger partial charge in [-0.25, -0.2) is 0 Å². The van der Waals surface area contributed by atoms with Crippen molar-refractivity contribution in [2.75, 3.05) is 0 Å². The van der Waals surface area contributed by atoms with Crippen molar-refractivity contribution in [3.05, 3.63) is 163 Å². The number of para-hydroxylation sites is 2. The van der Waals surface area contributed by atoms with Gasteiger partial charge in [0.05, 0.1) is 23.3 Å². The molecule has 0 spiro atoms. The van der Waals surface area contributed by atoms with Crippen LogP contribution in [0.2, 0.25) is 0 Å². The highest BCUT2D eigenvalue weighted by molar-refractivity contribution is 6.24. The van der Waals surface area contributed by atoms with Crippen LogP contribution in [0.4, 0.5) is 0 Å². The van der Waals surface area contributed by atoms with Gasteiger partial charge in [-0.15, -0.1) is 0 Å². The Bertz CT molecular complexity index is 3330. The van der Waals surface area contributed by atoms with Gasteiger partial charge in [-0.2, -0.15) is 0 Å². The molecule has 0 aliphatic heterocycles. The second kappa shape index (κ2) is 10.5. The molecule has 8 aromatic rings. The van der Waals surface area contributed by atoms with Gasteiger partial charge in [-0.05, 0) is 68.3 Å². The van der Waals surface area contributed by atoms with Gasteiger partial charge in [-0.3, -0.25) is 0 Å². The Morgan fingerprint density at radius 2 is 1.07 bits per heavy atom. The molecule has 0 saturated heterocycles. The van der Waals surface area contributed by atoms with Crippen molar-refractivity contribution in [3.8, 4) is 33.4 Å². The molecule has 0 unspecified atom stereocenters. The lowest BCUT2D eigenvalue weighted by Crippen LogP contribution is -1.92. The Balaban J connectivity index is 1.53. The molecule has 1 nitrogen and oxygen atoms in total. The van der Waals surface area contributed by atoms with E-state index in [0.29, 0.717) is 29.2 Å². The fourth-order valence-corrected chi connectivity index (χ4v) is 6.15. The monoisotopic (exact) mass is 591 g/mol. The largest absolute Gasteiger partial charge is 0.455 e. The predicted molar refractivity (Wildman–Crippen MR) is 191 cm³/mol. The van der Waals surface area contributed by atoms with E-state index in [2.05, 4.69) is 0 Å². The van der Waals surface area contributed by atoms with Gasteiger partial charge in [0.15, 0.2) is 0 Å². The smallest absolute Gasteiger partial charge is 0.143 e. The summed E-state index contributed by atoms with van der Waals surface area (Å²) >= 11 is 0. The van der Waals surface area contributed by atoms with E-state index < -0.39 is 103 Å². The van der Waals surface area contributed by atoms with Gasteiger partial charge >= 0.3 is 0 Å². The number of benzene rings is 7. The van der Waals surface area contributed by atoms with Crippen LogP contribution in [0, 0.1) is 0 Å². The van der Waals surface area contributed by atoms with Crippen LogP contribution in [0.3, 0.4) is 0 Å². The zero-order valence-corrected chi connectivity index (χ0v) is 23.5. The maximum absolute atomic E-state index is 9.58. The lowest BCUT2D eigenvalue weighted by Gasteiger charge is -2.18. The second-order valence-corrected chi connectivity index (χ2v) is 10.6. The molecule has 1 aromatic heterocycles. The van der Waals surface area contributed by atoms with Crippen molar-refractivity contribution in [1.82, 2.24) is 0 Å².